The Morgan fingerprint density at radius 1 is 1.21 bits per heavy atom. The minimum absolute atomic E-state index is 0.0864. The van der Waals surface area contributed by atoms with Crippen LogP contribution in [0, 0.1) is 6.92 Å². The standard InChI is InChI=1S/C23H23N3O3/c1-3-17(25-23(27)18-7-5-4-6-15(18)2)9-11-22-24-13-19(26-22)16-8-10-20-21(12-16)29-14-28-20/h3-8,10,12-13H,9,11,14H2,1-2H3,(H,24,26)(H,25,27)/b17-3+. The van der Waals surface area contributed by atoms with Gasteiger partial charge in [0.15, 0.2) is 11.5 Å². The van der Waals surface area contributed by atoms with E-state index in [4.69, 9.17) is 9.47 Å². The van der Waals surface area contributed by atoms with Crippen molar-refractivity contribution in [3.05, 3.63) is 77.4 Å². The average Bonchev–Trinajstić information content (AvgIpc) is 3.40. The SMILES string of the molecule is C/C=C(\CCc1ncc(-c2ccc3c(c2)OCO3)[nH]1)NC(=O)c1ccccc1C. The van der Waals surface area contributed by atoms with Crippen molar-refractivity contribution < 1.29 is 14.3 Å². The van der Waals surface area contributed by atoms with E-state index in [0.717, 1.165) is 39.8 Å². The minimum atomic E-state index is -0.0864. The second kappa shape index (κ2) is 8.22. The topological polar surface area (TPSA) is 76.2 Å². The minimum Gasteiger partial charge on any atom is -0.454 e. The Labute approximate surface area is 169 Å². The van der Waals surface area contributed by atoms with E-state index in [0.29, 0.717) is 18.4 Å². The van der Waals surface area contributed by atoms with Crippen molar-refractivity contribution in [3.8, 4) is 22.8 Å². The predicted octanol–water partition coefficient (Wildman–Crippen LogP) is 4.38. The van der Waals surface area contributed by atoms with Crippen LogP contribution in [0.2, 0.25) is 0 Å². The first-order valence-electron chi connectivity index (χ1n) is 9.60. The van der Waals surface area contributed by atoms with Crippen molar-refractivity contribution in [3.63, 3.8) is 0 Å². The number of hydrogen-bond acceptors (Lipinski definition) is 4. The molecule has 6 heteroatoms. The summed E-state index contributed by atoms with van der Waals surface area (Å²) in [6, 6.07) is 13.4. The Morgan fingerprint density at radius 2 is 2.03 bits per heavy atom. The van der Waals surface area contributed by atoms with Crippen molar-refractivity contribution >= 4 is 5.91 Å². The summed E-state index contributed by atoms with van der Waals surface area (Å²) >= 11 is 0. The number of nitrogens with zero attached hydrogens (tertiary/aromatic N) is 1. The number of amides is 1. The third kappa shape index (κ3) is 4.16. The molecule has 1 amide bonds. The van der Waals surface area contributed by atoms with E-state index in [2.05, 4.69) is 15.3 Å². The summed E-state index contributed by atoms with van der Waals surface area (Å²) < 4.78 is 10.8. The molecule has 1 aliphatic rings. The molecule has 148 valence electrons. The van der Waals surface area contributed by atoms with Crippen LogP contribution in [0.3, 0.4) is 0 Å². The maximum atomic E-state index is 12.5. The summed E-state index contributed by atoms with van der Waals surface area (Å²) in [5.74, 6) is 2.28. The number of fused-ring (bicyclic) bond motifs is 1. The molecule has 3 aromatic rings. The van der Waals surface area contributed by atoms with Gasteiger partial charge in [-0.3, -0.25) is 4.79 Å². The number of aromatic nitrogens is 2. The predicted molar refractivity (Wildman–Crippen MR) is 111 cm³/mol. The lowest BCUT2D eigenvalue weighted by molar-refractivity contribution is 0.0964. The van der Waals surface area contributed by atoms with E-state index in [-0.39, 0.29) is 12.7 Å². The molecule has 0 fully saturated rings. The van der Waals surface area contributed by atoms with Crippen molar-refractivity contribution in [2.45, 2.75) is 26.7 Å². The van der Waals surface area contributed by atoms with Crippen LogP contribution in [-0.2, 0) is 6.42 Å². The lowest BCUT2D eigenvalue weighted by atomic mass is 10.1. The fourth-order valence-corrected chi connectivity index (χ4v) is 3.27. The molecule has 1 aromatic heterocycles. The van der Waals surface area contributed by atoms with Gasteiger partial charge in [0.05, 0.1) is 11.9 Å². The Balaban J connectivity index is 1.38. The number of carbonyl (C=O) groups excluding carboxylic acids is 1. The van der Waals surface area contributed by atoms with Gasteiger partial charge in [-0.2, -0.15) is 0 Å². The van der Waals surface area contributed by atoms with E-state index in [1.54, 1.807) is 0 Å². The van der Waals surface area contributed by atoms with Crippen LogP contribution >= 0.6 is 0 Å². The highest BCUT2D eigenvalue weighted by molar-refractivity contribution is 5.96. The zero-order valence-electron chi connectivity index (χ0n) is 16.5. The zero-order chi connectivity index (χ0) is 20.2. The van der Waals surface area contributed by atoms with Crippen LogP contribution in [0.15, 0.2) is 60.4 Å². The number of imidazole rings is 1. The molecular formula is C23H23N3O3. The summed E-state index contributed by atoms with van der Waals surface area (Å²) in [7, 11) is 0. The van der Waals surface area contributed by atoms with Crippen molar-refractivity contribution in [1.29, 1.82) is 0 Å². The molecular weight excluding hydrogens is 366 g/mol. The Kier molecular flexibility index (Phi) is 5.33. The molecule has 0 unspecified atom stereocenters. The molecule has 29 heavy (non-hydrogen) atoms. The summed E-state index contributed by atoms with van der Waals surface area (Å²) in [5, 5.41) is 3.01. The lowest BCUT2D eigenvalue weighted by Gasteiger charge is -2.10. The first-order chi connectivity index (χ1) is 14.1. The highest BCUT2D eigenvalue weighted by Gasteiger charge is 2.15. The first kappa shape index (κ1) is 18.8. The van der Waals surface area contributed by atoms with E-state index in [1.807, 2.05) is 68.6 Å². The molecule has 0 atom stereocenters. The number of aryl methyl sites for hydroxylation is 2. The van der Waals surface area contributed by atoms with E-state index in [9.17, 15) is 4.79 Å². The quantitative estimate of drug-likeness (QED) is 0.656. The number of aromatic amines is 1. The normalized spacial score (nSPS) is 12.8. The molecule has 2 aromatic carbocycles. The number of nitrogens with one attached hydrogen (secondary N) is 2. The van der Waals surface area contributed by atoms with Crippen LogP contribution < -0.4 is 14.8 Å². The van der Waals surface area contributed by atoms with Gasteiger partial charge in [-0.25, -0.2) is 4.98 Å². The fourth-order valence-electron chi connectivity index (χ4n) is 3.27. The molecule has 0 saturated heterocycles. The number of ether oxygens (including phenoxy) is 2. The lowest BCUT2D eigenvalue weighted by Crippen LogP contribution is -2.23. The number of H-pyrrole nitrogens is 1. The molecule has 0 spiro atoms. The molecule has 0 bridgehead atoms. The summed E-state index contributed by atoms with van der Waals surface area (Å²) in [5.41, 5.74) is 4.44. The van der Waals surface area contributed by atoms with Crippen molar-refractivity contribution in [2.24, 2.45) is 0 Å². The second-order valence-electron chi connectivity index (χ2n) is 6.89. The second-order valence-corrected chi connectivity index (χ2v) is 6.89. The zero-order valence-corrected chi connectivity index (χ0v) is 16.5. The summed E-state index contributed by atoms with van der Waals surface area (Å²) in [6.07, 6.45) is 5.12. The summed E-state index contributed by atoms with van der Waals surface area (Å²) in [4.78, 5) is 20.4. The fraction of sp³-hybridized carbons (Fsp3) is 0.217. The van der Waals surface area contributed by atoms with Crippen LogP contribution in [0.5, 0.6) is 11.5 Å². The first-order valence-corrected chi connectivity index (χ1v) is 9.60. The number of allylic oxidation sites excluding steroid dienone is 2. The van der Waals surface area contributed by atoms with Gasteiger partial charge in [-0.1, -0.05) is 24.3 Å². The van der Waals surface area contributed by atoms with Gasteiger partial charge >= 0.3 is 0 Å². The third-order valence-corrected chi connectivity index (χ3v) is 4.96. The molecule has 1 aliphatic heterocycles. The molecule has 2 heterocycles. The van der Waals surface area contributed by atoms with Crippen molar-refractivity contribution in [1.82, 2.24) is 15.3 Å². The smallest absolute Gasteiger partial charge is 0.255 e. The van der Waals surface area contributed by atoms with Crippen LogP contribution in [-0.4, -0.2) is 22.7 Å². The van der Waals surface area contributed by atoms with E-state index < -0.39 is 0 Å². The van der Waals surface area contributed by atoms with Gasteiger partial charge < -0.3 is 19.8 Å². The van der Waals surface area contributed by atoms with Crippen LogP contribution in [0.1, 0.15) is 35.1 Å². The maximum Gasteiger partial charge on any atom is 0.255 e. The number of hydrogen-bond donors (Lipinski definition) is 2. The van der Waals surface area contributed by atoms with Crippen LogP contribution in [0.25, 0.3) is 11.3 Å². The van der Waals surface area contributed by atoms with Gasteiger partial charge in [0.25, 0.3) is 5.91 Å². The molecule has 6 nitrogen and oxygen atoms in total. The number of benzene rings is 2. The number of carbonyl (C=O) groups is 1. The van der Waals surface area contributed by atoms with Gasteiger partial charge in [0.1, 0.15) is 5.82 Å². The number of rotatable bonds is 6. The molecule has 4 rings (SSSR count). The maximum absolute atomic E-state index is 12.5. The molecule has 2 N–H and O–H groups in total. The van der Waals surface area contributed by atoms with Gasteiger partial charge in [-0.15, -0.1) is 0 Å². The van der Waals surface area contributed by atoms with E-state index in [1.165, 1.54) is 0 Å². The van der Waals surface area contributed by atoms with Gasteiger partial charge in [0, 0.05) is 23.2 Å². The van der Waals surface area contributed by atoms with Crippen molar-refractivity contribution in [2.75, 3.05) is 6.79 Å². The monoisotopic (exact) mass is 389 g/mol. The third-order valence-electron chi connectivity index (χ3n) is 4.96. The average molecular weight is 389 g/mol. The largest absolute Gasteiger partial charge is 0.454 e. The summed E-state index contributed by atoms with van der Waals surface area (Å²) in [6.45, 7) is 4.12. The molecule has 0 radical (unpaired) electrons. The Hall–Kier alpha value is -3.54. The highest BCUT2D eigenvalue weighted by Crippen LogP contribution is 2.35. The Morgan fingerprint density at radius 3 is 2.86 bits per heavy atom. The van der Waals surface area contributed by atoms with Gasteiger partial charge in [-0.05, 0) is 50.1 Å². The highest BCUT2D eigenvalue weighted by atomic mass is 16.7. The van der Waals surface area contributed by atoms with Crippen LogP contribution in [0.4, 0.5) is 0 Å². The molecule has 0 saturated carbocycles. The Bertz CT molecular complexity index is 1070. The molecule has 0 aliphatic carbocycles. The van der Waals surface area contributed by atoms with E-state index >= 15 is 0 Å². The van der Waals surface area contributed by atoms with Gasteiger partial charge in [0.2, 0.25) is 6.79 Å².